The molecule has 0 atom stereocenters. The number of hydrogen-bond donors (Lipinski definition) is 1. The first kappa shape index (κ1) is 15.0. The molecule has 1 N–H and O–H groups in total. The van der Waals surface area contributed by atoms with E-state index in [9.17, 15) is 0 Å². The van der Waals surface area contributed by atoms with Crippen LogP contribution >= 0.6 is 0 Å². The number of anilines is 2. The molecule has 0 unspecified atom stereocenters. The van der Waals surface area contributed by atoms with E-state index in [-0.39, 0.29) is 0 Å². The quantitative estimate of drug-likeness (QED) is 0.899. The van der Waals surface area contributed by atoms with Crippen molar-refractivity contribution in [2.24, 2.45) is 0 Å². The summed E-state index contributed by atoms with van der Waals surface area (Å²) in [6.45, 7) is 4.15. The molecule has 2 aromatic rings. The molecule has 0 heterocycles. The molecular formula is C17H21NO3. The highest BCUT2D eigenvalue weighted by Crippen LogP contribution is 2.40. The maximum Gasteiger partial charge on any atom is 0.203 e. The van der Waals surface area contributed by atoms with Gasteiger partial charge in [-0.15, -0.1) is 0 Å². The molecule has 0 radical (unpaired) electrons. The van der Waals surface area contributed by atoms with Crippen molar-refractivity contribution >= 4 is 11.4 Å². The third-order valence-electron chi connectivity index (χ3n) is 3.18. The average molecular weight is 287 g/mol. The third-order valence-corrected chi connectivity index (χ3v) is 3.18. The van der Waals surface area contributed by atoms with Crippen LogP contribution in [0.15, 0.2) is 30.3 Å². The molecule has 21 heavy (non-hydrogen) atoms. The Morgan fingerprint density at radius 3 is 1.57 bits per heavy atom. The van der Waals surface area contributed by atoms with Crippen molar-refractivity contribution in [3.8, 4) is 17.2 Å². The lowest BCUT2D eigenvalue weighted by molar-refractivity contribution is 0.324. The van der Waals surface area contributed by atoms with E-state index in [1.165, 1.54) is 11.1 Å². The van der Waals surface area contributed by atoms with Crippen molar-refractivity contribution in [3.05, 3.63) is 41.5 Å². The third kappa shape index (κ3) is 3.40. The fraction of sp³-hybridized carbons (Fsp3) is 0.294. The molecule has 0 aliphatic heterocycles. The van der Waals surface area contributed by atoms with Gasteiger partial charge in [0, 0.05) is 23.5 Å². The first-order valence-electron chi connectivity index (χ1n) is 6.72. The molecule has 0 fully saturated rings. The lowest BCUT2D eigenvalue weighted by Crippen LogP contribution is -1.98. The minimum absolute atomic E-state index is 0.589. The normalized spacial score (nSPS) is 10.1. The zero-order valence-electron chi connectivity index (χ0n) is 13.1. The van der Waals surface area contributed by atoms with Crippen molar-refractivity contribution in [1.29, 1.82) is 0 Å². The monoisotopic (exact) mass is 287 g/mol. The predicted molar refractivity (Wildman–Crippen MR) is 85.3 cm³/mol. The van der Waals surface area contributed by atoms with Crippen molar-refractivity contribution in [1.82, 2.24) is 0 Å². The van der Waals surface area contributed by atoms with Crippen molar-refractivity contribution in [3.63, 3.8) is 0 Å². The zero-order valence-corrected chi connectivity index (χ0v) is 13.1. The molecule has 0 aliphatic carbocycles. The maximum absolute atomic E-state index is 5.36. The smallest absolute Gasteiger partial charge is 0.203 e. The molecule has 4 nitrogen and oxygen atoms in total. The molecule has 0 spiro atoms. The van der Waals surface area contributed by atoms with Gasteiger partial charge in [0.15, 0.2) is 11.5 Å². The SMILES string of the molecule is COc1cc(Nc2cc(C)cc(C)c2)cc(OC)c1OC. The summed E-state index contributed by atoms with van der Waals surface area (Å²) in [6.07, 6.45) is 0. The van der Waals surface area contributed by atoms with Crippen LogP contribution in [-0.4, -0.2) is 21.3 Å². The number of hydrogen-bond acceptors (Lipinski definition) is 4. The molecule has 0 saturated carbocycles. The zero-order chi connectivity index (χ0) is 15.4. The Balaban J connectivity index is 2.40. The van der Waals surface area contributed by atoms with Gasteiger partial charge >= 0.3 is 0 Å². The number of ether oxygens (including phenoxy) is 3. The van der Waals surface area contributed by atoms with Crippen LogP contribution in [0.2, 0.25) is 0 Å². The van der Waals surface area contributed by atoms with Gasteiger partial charge in [0.2, 0.25) is 5.75 Å². The van der Waals surface area contributed by atoms with Gasteiger partial charge in [-0.2, -0.15) is 0 Å². The fourth-order valence-electron chi connectivity index (χ4n) is 2.37. The molecule has 0 bridgehead atoms. The first-order chi connectivity index (χ1) is 10.1. The van der Waals surface area contributed by atoms with Crippen molar-refractivity contribution < 1.29 is 14.2 Å². The van der Waals surface area contributed by atoms with E-state index in [0.717, 1.165) is 11.4 Å². The van der Waals surface area contributed by atoms with Crippen molar-refractivity contribution in [2.75, 3.05) is 26.6 Å². The van der Waals surface area contributed by atoms with Crippen molar-refractivity contribution in [2.45, 2.75) is 13.8 Å². The van der Waals surface area contributed by atoms with Gasteiger partial charge in [0.05, 0.1) is 21.3 Å². The van der Waals surface area contributed by atoms with E-state index >= 15 is 0 Å². The summed E-state index contributed by atoms with van der Waals surface area (Å²) in [7, 11) is 4.81. The Hall–Kier alpha value is -2.36. The van der Waals surface area contributed by atoms with E-state index in [1.54, 1.807) is 21.3 Å². The standard InChI is InChI=1S/C17H21NO3/c1-11-6-12(2)8-13(7-11)18-14-9-15(19-3)17(21-5)16(10-14)20-4/h6-10,18H,1-5H3. The lowest BCUT2D eigenvalue weighted by atomic mass is 10.1. The van der Waals surface area contributed by atoms with Crippen LogP contribution in [0.5, 0.6) is 17.2 Å². The van der Waals surface area contributed by atoms with Crippen LogP contribution in [0.4, 0.5) is 11.4 Å². The summed E-state index contributed by atoms with van der Waals surface area (Å²) in [5, 5.41) is 3.37. The topological polar surface area (TPSA) is 39.7 Å². The Bertz CT molecular complexity index is 593. The van der Waals surface area contributed by atoms with E-state index in [1.807, 2.05) is 12.1 Å². The summed E-state index contributed by atoms with van der Waals surface area (Å²) in [4.78, 5) is 0. The summed E-state index contributed by atoms with van der Waals surface area (Å²) < 4.78 is 16.0. The Morgan fingerprint density at radius 2 is 1.14 bits per heavy atom. The first-order valence-corrected chi connectivity index (χ1v) is 6.72. The summed E-state index contributed by atoms with van der Waals surface area (Å²) in [5.74, 6) is 1.85. The second-order valence-corrected chi connectivity index (χ2v) is 4.92. The largest absolute Gasteiger partial charge is 0.493 e. The van der Waals surface area contributed by atoms with Gasteiger partial charge in [-0.05, 0) is 37.1 Å². The molecule has 112 valence electrons. The average Bonchev–Trinajstić information content (AvgIpc) is 2.45. The van der Waals surface area contributed by atoms with Crippen LogP contribution in [0.3, 0.4) is 0 Å². The lowest BCUT2D eigenvalue weighted by Gasteiger charge is -2.15. The van der Waals surface area contributed by atoms with Gasteiger partial charge < -0.3 is 19.5 Å². The summed E-state index contributed by atoms with van der Waals surface area (Å²) >= 11 is 0. The number of methoxy groups -OCH3 is 3. The molecule has 0 saturated heterocycles. The summed E-state index contributed by atoms with van der Waals surface area (Å²) in [6, 6.07) is 10.1. The van der Waals surface area contributed by atoms with E-state index in [4.69, 9.17) is 14.2 Å². The number of aryl methyl sites for hydroxylation is 2. The molecule has 0 aromatic heterocycles. The minimum atomic E-state index is 0.589. The second-order valence-electron chi connectivity index (χ2n) is 4.92. The second kappa shape index (κ2) is 6.39. The number of nitrogens with one attached hydrogen (secondary N) is 1. The van der Waals surface area contributed by atoms with E-state index < -0.39 is 0 Å². The number of benzene rings is 2. The van der Waals surface area contributed by atoms with Crippen LogP contribution < -0.4 is 19.5 Å². The van der Waals surface area contributed by atoms with Gasteiger partial charge in [-0.1, -0.05) is 6.07 Å². The highest BCUT2D eigenvalue weighted by atomic mass is 16.5. The van der Waals surface area contributed by atoms with Crippen LogP contribution in [0, 0.1) is 13.8 Å². The van der Waals surface area contributed by atoms with Crippen LogP contribution in [0.1, 0.15) is 11.1 Å². The van der Waals surface area contributed by atoms with E-state index in [2.05, 4.69) is 37.4 Å². The minimum Gasteiger partial charge on any atom is -0.493 e. The fourth-order valence-corrected chi connectivity index (χ4v) is 2.37. The molecule has 0 aliphatic rings. The predicted octanol–water partition coefficient (Wildman–Crippen LogP) is 4.07. The Morgan fingerprint density at radius 1 is 0.667 bits per heavy atom. The molecular weight excluding hydrogens is 266 g/mol. The van der Waals surface area contributed by atoms with Crippen LogP contribution in [-0.2, 0) is 0 Å². The van der Waals surface area contributed by atoms with Gasteiger partial charge in [-0.25, -0.2) is 0 Å². The van der Waals surface area contributed by atoms with Crippen LogP contribution in [0.25, 0.3) is 0 Å². The van der Waals surface area contributed by atoms with Gasteiger partial charge in [0.1, 0.15) is 0 Å². The summed E-state index contributed by atoms with van der Waals surface area (Å²) in [5.41, 5.74) is 4.34. The number of rotatable bonds is 5. The molecule has 4 heteroatoms. The molecule has 2 aromatic carbocycles. The Kier molecular flexibility index (Phi) is 4.58. The molecule has 2 rings (SSSR count). The van der Waals surface area contributed by atoms with Gasteiger partial charge in [-0.3, -0.25) is 0 Å². The Labute approximate surface area is 125 Å². The van der Waals surface area contributed by atoms with Gasteiger partial charge in [0.25, 0.3) is 0 Å². The maximum atomic E-state index is 5.36. The van der Waals surface area contributed by atoms with E-state index in [0.29, 0.717) is 17.2 Å². The highest BCUT2D eigenvalue weighted by molar-refractivity contribution is 5.68. The highest BCUT2D eigenvalue weighted by Gasteiger charge is 2.13. The molecule has 0 amide bonds.